The van der Waals surface area contributed by atoms with Gasteiger partial charge in [-0.25, -0.2) is 9.59 Å². The molecule has 1 aromatic rings. The van der Waals surface area contributed by atoms with Crippen molar-refractivity contribution in [2.45, 2.75) is 104 Å². The molecular formula is C30H41NO8. The Morgan fingerprint density at radius 3 is 2.28 bits per heavy atom. The Hall–Kier alpha value is -3.23. The van der Waals surface area contributed by atoms with Crippen LogP contribution in [0.5, 0.6) is 5.75 Å². The Labute approximate surface area is 230 Å². The third kappa shape index (κ3) is 8.38. The summed E-state index contributed by atoms with van der Waals surface area (Å²) in [5.74, 6) is -1.62. The standard InChI is InChI=1S/C30H41NO8/c1-6-21(22-12-14-24(15-13-22)37-20(2)32)18-30(5,28(35)39-31-23-10-8-7-9-11-23)19-29(3,4)27(34)38-25-16-17-36-26(25)33/h12-15,21,25H,6-11,16-19H2,1-5H3. The molecule has 0 aromatic heterocycles. The van der Waals surface area contributed by atoms with Gasteiger partial charge in [0.15, 0.2) is 0 Å². The summed E-state index contributed by atoms with van der Waals surface area (Å²) in [6.07, 6.45) is 5.46. The van der Waals surface area contributed by atoms with Crippen LogP contribution in [0.2, 0.25) is 0 Å². The van der Waals surface area contributed by atoms with Crippen molar-refractivity contribution >= 4 is 29.6 Å². The Balaban J connectivity index is 1.83. The van der Waals surface area contributed by atoms with Gasteiger partial charge in [-0.3, -0.25) is 9.59 Å². The van der Waals surface area contributed by atoms with Gasteiger partial charge in [-0.2, -0.15) is 0 Å². The van der Waals surface area contributed by atoms with Gasteiger partial charge in [0.05, 0.1) is 23.1 Å². The van der Waals surface area contributed by atoms with E-state index in [0.717, 1.165) is 49.8 Å². The maximum Gasteiger partial charge on any atom is 0.347 e. The first-order valence-electron chi connectivity index (χ1n) is 13.9. The molecule has 39 heavy (non-hydrogen) atoms. The van der Waals surface area contributed by atoms with Crippen LogP contribution >= 0.6 is 0 Å². The van der Waals surface area contributed by atoms with Crippen molar-refractivity contribution in [1.82, 2.24) is 0 Å². The molecule has 3 rings (SSSR count). The molecule has 2 fully saturated rings. The first kappa shape index (κ1) is 30.3. The molecule has 2 aliphatic rings. The number of carbonyl (C=O) groups is 4. The highest BCUT2D eigenvalue weighted by molar-refractivity contribution is 5.86. The number of hydrogen-bond donors (Lipinski definition) is 0. The summed E-state index contributed by atoms with van der Waals surface area (Å²) in [7, 11) is 0. The number of rotatable bonds is 11. The molecule has 214 valence electrons. The molecular weight excluding hydrogens is 502 g/mol. The van der Waals surface area contributed by atoms with Crippen LogP contribution < -0.4 is 4.74 Å². The lowest BCUT2D eigenvalue weighted by Crippen LogP contribution is -2.41. The summed E-state index contributed by atoms with van der Waals surface area (Å²) < 4.78 is 15.6. The van der Waals surface area contributed by atoms with E-state index in [1.807, 2.05) is 19.1 Å². The first-order chi connectivity index (χ1) is 18.4. The second kappa shape index (κ2) is 13.2. The molecule has 0 bridgehead atoms. The molecule has 3 atom stereocenters. The highest BCUT2D eigenvalue weighted by atomic mass is 16.7. The van der Waals surface area contributed by atoms with Gasteiger partial charge in [-0.1, -0.05) is 30.6 Å². The van der Waals surface area contributed by atoms with Crippen LogP contribution in [0, 0.1) is 10.8 Å². The van der Waals surface area contributed by atoms with Crippen LogP contribution in [0.4, 0.5) is 0 Å². The number of nitrogens with zero attached hydrogens (tertiary/aromatic N) is 1. The van der Waals surface area contributed by atoms with Crippen molar-refractivity contribution in [2.75, 3.05) is 6.61 Å². The van der Waals surface area contributed by atoms with E-state index in [1.54, 1.807) is 32.9 Å². The number of oxime groups is 1. The first-order valence-corrected chi connectivity index (χ1v) is 13.9. The number of ether oxygens (including phenoxy) is 3. The lowest BCUT2D eigenvalue weighted by atomic mass is 9.68. The van der Waals surface area contributed by atoms with E-state index in [9.17, 15) is 19.2 Å². The van der Waals surface area contributed by atoms with Crippen molar-refractivity contribution in [3.05, 3.63) is 29.8 Å². The van der Waals surface area contributed by atoms with Crippen LogP contribution in [-0.2, 0) is 33.5 Å². The van der Waals surface area contributed by atoms with Gasteiger partial charge in [-0.05, 0) is 89.3 Å². The average Bonchev–Trinajstić information content (AvgIpc) is 3.30. The van der Waals surface area contributed by atoms with E-state index in [1.165, 1.54) is 6.92 Å². The molecule has 0 radical (unpaired) electrons. The van der Waals surface area contributed by atoms with Crippen molar-refractivity contribution in [3.8, 4) is 5.75 Å². The molecule has 9 nitrogen and oxygen atoms in total. The van der Waals surface area contributed by atoms with Crippen molar-refractivity contribution in [2.24, 2.45) is 16.0 Å². The maximum absolute atomic E-state index is 13.6. The van der Waals surface area contributed by atoms with Crippen molar-refractivity contribution < 1.29 is 38.2 Å². The van der Waals surface area contributed by atoms with Gasteiger partial charge in [0.25, 0.3) is 0 Å². The summed E-state index contributed by atoms with van der Waals surface area (Å²) >= 11 is 0. The van der Waals surface area contributed by atoms with Crippen molar-refractivity contribution in [1.29, 1.82) is 0 Å². The number of benzene rings is 1. The fourth-order valence-corrected chi connectivity index (χ4v) is 5.43. The van der Waals surface area contributed by atoms with E-state index in [-0.39, 0.29) is 18.9 Å². The number of carbonyl (C=O) groups excluding carboxylic acids is 4. The fourth-order valence-electron chi connectivity index (χ4n) is 5.43. The Bertz CT molecular complexity index is 1070. The van der Waals surface area contributed by atoms with Gasteiger partial charge in [0.2, 0.25) is 6.10 Å². The van der Waals surface area contributed by atoms with E-state index in [0.29, 0.717) is 18.6 Å². The van der Waals surface area contributed by atoms with E-state index < -0.39 is 40.8 Å². The smallest absolute Gasteiger partial charge is 0.347 e. The van der Waals surface area contributed by atoms with Gasteiger partial charge in [0, 0.05) is 13.3 Å². The van der Waals surface area contributed by atoms with Crippen LogP contribution in [0.3, 0.4) is 0 Å². The van der Waals surface area contributed by atoms with Gasteiger partial charge in [0.1, 0.15) is 5.75 Å². The molecule has 1 saturated heterocycles. The second-order valence-corrected chi connectivity index (χ2v) is 11.5. The normalized spacial score (nSPS) is 19.9. The predicted molar refractivity (Wildman–Crippen MR) is 144 cm³/mol. The van der Waals surface area contributed by atoms with Crippen LogP contribution in [-0.4, -0.2) is 42.3 Å². The highest BCUT2D eigenvalue weighted by Gasteiger charge is 2.47. The largest absolute Gasteiger partial charge is 0.463 e. The molecule has 1 saturated carbocycles. The Morgan fingerprint density at radius 1 is 1.05 bits per heavy atom. The third-order valence-electron chi connectivity index (χ3n) is 7.51. The summed E-state index contributed by atoms with van der Waals surface area (Å²) in [5.41, 5.74) is -0.331. The zero-order valence-corrected chi connectivity index (χ0v) is 23.7. The number of hydrogen-bond acceptors (Lipinski definition) is 9. The predicted octanol–water partition coefficient (Wildman–Crippen LogP) is 5.64. The summed E-state index contributed by atoms with van der Waals surface area (Å²) in [6.45, 7) is 8.82. The quantitative estimate of drug-likeness (QED) is 0.152. The zero-order valence-electron chi connectivity index (χ0n) is 23.7. The maximum atomic E-state index is 13.6. The summed E-state index contributed by atoms with van der Waals surface area (Å²) in [5, 5.41) is 4.20. The molecule has 1 aliphatic carbocycles. The van der Waals surface area contributed by atoms with E-state index in [4.69, 9.17) is 19.0 Å². The van der Waals surface area contributed by atoms with Crippen LogP contribution in [0.15, 0.2) is 29.4 Å². The zero-order chi connectivity index (χ0) is 28.6. The minimum absolute atomic E-state index is 0.0482. The molecule has 1 aromatic carbocycles. The van der Waals surface area contributed by atoms with Crippen LogP contribution in [0.25, 0.3) is 0 Å². The molecule has 9 heteroatoms. The Morgan fingerprint density at radius 2 is 1.72 bits per heavy atom. The van der Waals surface area contributed by atoms with E-state index >= 15 is 0 Å². The van der Waals surface area contributed by atoms with Gasteiger partial charge < -0.3 is 19.0 Å². The van der Waals surface area contributed by atoms with Gasteiger partial charge in [-0.15, -0.1) is 0 Å². The molecule has 1 aliphatic heterocycles. The lowest BCUT2D eigenvalue weighted by Gasteiger charge is -2.36. The Kier molecular flexibility index (Phi) is 10.3. The minimum atomic E-state index is -1.09. The average molecular weight is 544 g/mol. The SMILES string of the molecule is CCC(CC(C)(CC(C)(C)C(=O)OC1CCOC1=O)C(=O)ON=C1CCCCC1)c1ccc(OC(C)=O)cc1. The topological polar surface area (TPSA) is 118 Å². The summed E-state index contributed by atoms with van der Waals surface area (Å²) in [6, 6.07) is 7.22. The lowest BCUT2D eigenvalue weighted by molar-refractivity contribution is -0.171. The van der Waals surface area contributed by atoms with Crippen molar-refractivity contribution in [3.63, 3.8) is 0 Å². The molecule has 1 heterocycles. The van der Waals surface area contributed by atoms with E-state index in [2.05, 4.69) is 5.16 Å². The molecule has 0 spiro atoms. The minimum Gasteiger partial charge on any atom is -0.463 e. The molecule has 0 N–H and O–H groups in total. The number of cyclic esters (lactones) is 1. The molecule has 3 unspecified atom stereocenters. The monoisotopic (exact) mass is 543 g/mol. The highest BCUT2D eigenvalue weighted by Crippen LogP contribution is 2.44. The van der Waals surface area contributed by atoms with Crippen LogP contribution in [0.1, 0.15) is 104 Å². The third-order valence-corrected chi connectivity index (χ3v) is 7.51. The molecule has 0 amide bonds. The summed E-state index contributed by atoms with van der Waals surface area (Å²) in [4.78, 5) is 55.5. The second-order valence-electron chi connectivity index (χ2n) is 11.5. The van der Waals surface area contributed by atoms with Gasteiger partial charge >= 0.3 is 23.9 Å². The fraction of sp³-hybridized carbons (Fsp3) is 0.633. The number of esters is 3.